The van der Waals surface area contributed by atoms with Gasteiger partial charge in [0.25, 0.3) is 0 Å². The van der Waals surface area contributed by atoms with Crippen molar-refractivity contribution in [2.24, 2.45) is 5.92 Å². The highest BCUT2D eigenvalue weighted by atomic mass is 16.5. The van der Waals surface area contributed by atoms with Crippen LogP contribution in [0.2, 0.25) is 0 Å². The molecule has 0 bridgehead atoms. The van der Waals surface area contributed by atoms with E-state index in [-0.39, 0.29) is 5.97 Å². The molecule has 0 unspecified atom stereocenters. The van der Waals surface area contributed by atoms with Crippen molar-refractivity contribution in [2.45, 2.75) is 53.9 Å². The topological polar surface area (TPSA) is 63.6 Å². The second-order valence-electron chi connectivity index (χ2n) is 5.09. The van der Waals surface area contributed by atoms with Crippen LogP contribution in [0.5, 0.6) is 0 Å². The van der Waals surface area contributed by atoms with E-state index >= 15 is 0 Å². The molecule has 0 saturated heterocycles. The monoisotopic (exact) mass is 284 g/mol. The summed E-state index contributed by atoms with van der Waals surface area (Å²) in [5, 5.41) is 8.43. The first-order valence-electron chi connectivity index (χ1n) is 6.95. The minimum atomic E-state index is -0.819. The molecule has 0 spiro atoms. The van der Waals surface area contributed by atoms with Crippen molar-refractivity contribution in [2.75, 3.05) is 6.61 Å². The standard InChI is InChI=1S/2C8H14O2/c1-6(2)4-5-7(3)8(9)10;1-4-5-6-10-8(9)7(2)3/h5-6H,4H2,1-3H3,(H,9,10);2,4-6H2,1,3H3. The van der Waals surface area contributed by atoms with E-state index in [0.29, 0.717) is 23.7 Å². The number of carbonyl (C=O) groups excluding carboxylic acids is 1. The average molecular weight is 284 g/mol. The number of carboxylic acid groups (broad SMARTS) is 1. The molecule has 20 heavy (non-hydrogen) atoms. The summed E-state index contributed by atoms with van der Waals surface area (Å²) < 4.78 is 4.81. The van der Waals surface area contributed by atoms with Crippen molar-refractivity contribution in [3.63, 3.8) is 0 Å². The number of rotatable bonds is 7. The fourth-order valence-corrected chi connectivity index (χ4v) is 0.932. The van der Waals surface area contributed by atoms with Crippen LogP contribution in [0.15, 0.2) is 23.8 Å². The SMILES string of the molecule is C=C(C)C(=O)OCCCC.CC(=CCC(C)C)C(=O)O. The molecule has 0 heterocycles. The number of hydrogen-bond donors (Lipinski definition) is 1. The van der Waals surface area contributed by atoms with Crippen LogP contribution in [0.3, 0.4) is 0 Å². The highest BCUT2D eigenvalue weighted by molar-refractivity contribution is 5.86. The summed E-state index contributed by atoms with van der Waals surface area (Å²) in [5.74, 6) is -0.566. The number of allylic oxidation sites excluding steroid dienone is 1. The average Bonchev–Trinajstić information content (AvgIpc) is 2.36. The highest BCUT2D eigenvalue weighted by Crippen LogP contribution is 2.03. The predicted octanol–water partition coefficient (Wildman–Crippen LogP) is 3.97. The Balaban J connectivity index is 0. The van der Waals surface area contributed by atoms with Gasteiger partial charge in [-0.05, 0) is 32.6 Å². The molecule has 4 heteroatoms. The first-order chi connectivity index (χ1) is 9.22. The van der Waals surface area contributed by atoms with Crippen LogP contribution in [0.4, 0.5) is 0 Å². The van der Waals surface area contributed by atoms with Crippen LogP contribution in [-0.4, -0.2) is 23.7 Å². The number of aliphatic carboxylic acids is 1. The van der Waals surface area contributed by atoms with Gasteiger partial charge in [0.1, 0.15) is 0 Å². The molecule has 1 N–H and O–H groups in total. The number of ether oxygens (including phenoxy) is 1. The van der Waals surface area contributed by atoms with Gasteiger partial charge in [-0.1, -0.05) is 39.8 Å². The predicted molar refractivity (Wildman–Crippen MR) is 81.5 cm³/mol. The Morgan fingerprint density at radius 2 is 1.85 bits per heavy atom. The minimum Gasteiger partial charge on any atom is -0.478 e. The summed E-state index contributed by atoms with van der Waals surface area (Å²) in [7, 11) is 0. The molecule has 0 aromatic carbocycles. The Kier molecular flexibility index (Phi) is 12.9. The summed E-state index contributed by atoms with van der Waals surface area (Å²) in [5.41, 5.74) is 0.907. The maximum atomic E-state index is 10.7. The lowest BCUT2D eigenvalue weighted by molar-refractivity contribution is -0.139. The first-order valence-corrected chi connectivity index (χ1v) is 6.95. The Morgan fingerprint density at radius 1 is 1.30 bits per heavy atom. The summed E-state index contributed by atoms with van der Waals surface area (Å²) in [6, 6.07) is 0. The van der Waals surface area contributed by atoms with Crippen LogP contribution >= 0.6 is 0 Å². The maximum Gasteiger partial charge on any atom is 0.333 e. The van der Waals surface area contributed by atoms with Crippen LogP contribution < -0.4 is 0 Å². The number of unbranched alkanes of at least 4 members (excludes halogenated alkanes) is 1. The van der Waals surface area contributed by atoms with E-state index in [0.717, 1.165) is 19.3 Å². The van der Waals surface area contributed by atoms with Crippen LogP contribution in [0, 0.1) is 5.92 Å². The Bertz CT molecular complexity index is 340. The van der Waals surface area contributed by atoms with Gasteiger partial charge in [0.05, 0.1) is 6.61 Å². The molecule has 0 aromatic heterocycles. The van der Waals surface area contributed by atoms with Crippen LogP contribution in [-0.2, 0) is 14.3 Å². The van der Waals surface area contributed by atoms with Gasteiger partial charge in [-0.2, -0.15) is 0 Å². The van der Waals surface area contributed by atoms with E-state index in [1.165, 1.54) is 0 Å². The van der Waals surface area contributed by atoms with Crippen molar-refractivity contribution in [1.29, 1.82) is 0 Å². The van der Waals surface area contributed by atoms with Crippen molar-refractivity contribution >= 4 is 11.9 Å². The lowest BCUT2D eigenvalue weighted by Gasteiger charge is -2.01. The van der Waals surface area contributed by atoms with E-state index in [4.69, 9.17) is 9.84 Å². The van der Waals surface area contributed by atoms with E-state index in [1.807, 2.05) is 0 Å². The molecule has 0 atom stereocenters. The third-order valence-electron chi connectivity index (χ3n) is 2.31. The van der Waals surface area contributed by atoms with E-state index < -0.39 is 5.97 Å². The normalized spacial score (nSPS) is 10.6. The number of esters is 1. The van der Waals surface area contributed by atoms with E-state index in [1.54, 1.807) is 19.9 Å². The quantitative estimate of drug-likeness (QED) is 0.436. The molecule has 0 amide bonds. The van der Waals surface area contributed by atoms with Gasteiger partial charge >= 0.3 is 11.9 Å². The number of carboxylic acids is 1. The summed E-state index contributed by atoms with van der Waals surface area (Å²) in [4.78, 5) is 20.9. The molecule has 0 aromatic rings. The van der Waals surface area contributed by atoms with Crippen molar-refractivity contribution in [3.05, 3.63) is 23.8 Å². The van der Waals surface area contributed by atoms with Crippen LogP contribution in [0.1, 0.15) is 53.9 Å². The van der Waals surface area contributed by atoms with Gasteiger partial charge in [0, 0.05) is 11.1 Å². The second-order valence-corrected chi connectivity index (χ2v) is 5.09. The zero-order valence-electron chi connectivity index (χ0n) is 13.4. The van der Waals surface area contributed by atoms with Crippen molar-refractivity contribution < 1.29 is 19.4 Å². The molecule has 116 valence electrons. The van der Waals surface area contributed by atoms with Gasteiger partial charge in [-0.25, -0.2) is 9.59 Å². The molecular weight excluding hydrogens is 256 g/mol. The van der Waals surface area contributed by atoms with Crippen molar-refractivity contribution in [1.82, 2.24) is 0 Å². The summed E-state index contributed by atoms with van der Waals surface area (Å²) >= 11 is 0. The third-order valence-corrected chi connectivity index (χ3v) is 2.31. The molecule has 0 aliphatic rings. The van der Waals surface area contributed by atoms with Crippen LogP contribution in [0.25, 0.3) is 0 Å². The van der Waals surface area contributed by atoms with Gasteiger partial charge in [-0.15, -0.1) is 0 Å². The molecule has 0 aliphatic heterocycles. The largest absolute Gasteiger partial charge is 0.478 e. The zero-order valence-corrected chi connectivity index (χ0v) is 13.4. The van der Waals surface area contributed by atoms with Gasteiger partial charge in [0.15, 0.2) is 0 Å². The summed E-state index contributed by atoms with van der Waals surface area (Å²) in [6.07, 6.45) is 4.58. The molecule has 0 radical (unpaired) electrons. The van der Waals surface area contributed by atoms with Crippen molar-refractivity contribution in [3.8, 4) is 0 Å². The smallest absolute Gasteiger partial charge is 0.333 e. The number of hydrogen-bond acceptors (Lipinski definition) is 3. The molecule has 0 rings (SSSR count). The lowest BCUT2D eigenvalue weighted by Crippen LogP contribution is -2.05. The molecule has 4 nitrogen and oxygen atoms in total. The first kappa shape index (κ1) is 20.7. The second kappa shape index (κ2) is 12.5. The van der Waals surface area contributed by atoms with Gasteiger partial charge < -0.3 is 9.84 Å². The zero-order chi connectivity index (χ0) is 16.1. The van der Waals surface area contributed by atoms with E-state index in [2.05, 4.69) is 27.4 Å². The third kappa shape index (κ3) is 14.5. The Morgan fingerprint density at radius 3 is 2.20 bits per heavy atom. The fraction of sp³-hybridized carbons (Fsp3) is 0.625. The summed E-state index contributed by atoms with van der Waals surface area (Å²) in [6.45, 7) is 13.4. The number of carbonyl (C=O) groups is 2. The van der Waals surface area contributed by atoms with Gasteiger partial charge in [-0.3, -0.25) is 0 Å². The Labute approximate surface area is 122 Å². The lowest BCUT2D eigenvalue weighted by atomic mass is 10.1. The molecular formula is C16H28O4. The maximum absolute atomic E-state index is 10.7. The Hall–Kier alpha value is -1.58. The van der Waals surface area contributed by atoms with E-state index in [9.17, 15) is 9.59 Å². The van der Waals surface area contributed by atoms with Gasteiger partial charge in [0.2, 0.25) is 0 Å². The molecule has 0 saturated carbocycles. The minimum absolute atomic E-state index is 0.284. The fourth-order valence-electron chi connectivity index (χ4n) is 0.932. The molecule has 0 fully saturated rings. The highest BCUT2D eigenvalue weighted by Gasteiger charge is 2.00. The molecule has 0 aliphatic carbocycles.